The number of fused-ring (bicyclic) bond motifs is 1. The largest absolute Gasteiger partial charge is 0.480 e. The van der Waals surface area contributed by atoms with Crippen LogP contribution in [0.5, 0.6) is 5.75 Å². The Morgan fingerprint density at radius 1 is 1.47 bits per heavy atom. The predicted molar refractivity (Wildman–Crippen MR) is 71.1 cm³/mol. The molecule has 1 aromatic carbocycles. The second kappa shape index (κ2) is 4.76. The number of carbonyl (C=O) groups excluding carboxylic acids is 1. The first-order valence-corrected chi connectivity index (χ1v) is 6.35. The minimum absolute atomic E-state index is 0.133. The van der Waals surface area contributed by atoms with Crippen molar-refractivity contribution in [2.24, 2.45) is 0 Å². The van der Waals surface area contributed by atoms with Crippen LogP contribution in [0.4, 0.5) is 5.82 Å². The van der Waals surface area contributed by atoms with Crippen molar-refractivity contribution in [3.63, 3.8) is 0 Å². The van der Waals surface area contributed by atoms with Crippen LogP contribution in [-0.4, -0.2) is 21.8 Å². The maximum absolute atomic E-state index is 12.2. The lowest BCUT2D eigenvalue weighted by atomic mass is 10.1. The van der Waals surface area contributed by atoms with E-state index in [2.05, 4.69) is 10.4 Å². The van der Waals surface area contributed by atoms with Crippen LogP contribution in [-0.2, 0) is 17.8 Å². The molecule has 0 bridgehead atoms. The van der Waals surface area contributed by atoms with Gasteiger partial charge in [0, 0.05) is 19.0 Å². The van der Waals surface area contributed by atoms with Gasteiger partial charge in [-0.1, -0.05) is 18.2 Å². The van der Waals surface area contributed by atoms with Crippen molar-refractivity contribution >= 4 is 11.7 Å². The Morgan fingerprint density at radius 2 is 2.32 bits per heavy atom. The lowest BCUT2D eigenvalue weighted by molar-refractivity contribution is -0.122. The van der Waals surface area contributed by atoms with E-state index in [4.69, 9.17) is 4.74 Å². The van der Waals surface area contributed by atoms with Crippen molar-refractivity contribution in [1.82, 2.24) is 9.78 Å². The van der Waals surface area contributed by atoms with E-state index in [0.29, 0.717) is 18.8 Å². The number of nitrogens with one attached hydrogen (secondary N) is 1. The summed E-state index contributed by atoms with van der Waals surface area (Å²) in [7, 11) is 0. The molecule has 98 valence electrons. The third-order valence-electron chi connectivity index (χ3n) is 3.21. The number of benzene rings is 1. The number of hydrogen-bond donors (Lipinski definition) is 1. The molecule has 1 unspecified atom stereocenters. The highest BCUT2D eigenvalue weighted by molar-refractivity contribution is 5.94. The number of carbonyl (C=O) groups is 1. The number of ether oxygens (including phenoxy) is 1. The summed E-state index contributed by atoms with van der Waals surface area (Å²) in [6.45, 7) is 2.69. The van der Waals surface area contributed by atoms with E-state index in [0.717, 1.165) is 11.3 Å². The average molecular weight is 257 g/mol. The van der Waals surface area contributed by atoms with Crippen LogP contribution in [0.1, 0.15) is 12.5 Å². The molecular weight excluding hydrogens is 242 g/mol. The molecule has 0 radical (unpaired) electrons. The standard InChI is InChI=1S/C14H15N3O2/c1-2-17-13(7-8-15-17)16-14(18)12-9-10-5-3-4-6-11(10)19-12/h3-8,12H,2,9H2,1H3,(H,16,18). The van der Waals surface area contributed by atoms with Crippen molar-refractivity contribution in [1.29, 1.82) is 0 Å². The molecule has 3 rings (SSSR count). The fourth-order valence-electron chi connectivity index (χ4n) is 2.23. The summed E-state index contributed by atoms with van der Waals surface area (Å²) in [6.07, 6.45) is 1.82. The highest BCUT2D eigenvalue weighted by Gasteiger charge is 2.29. The summed E-state index contributed by atoms with van der Waals surface area (Å²) in [5.41, 5.74) is 1.08. The Bertz CT molecular complexity index is 581. The van der Waals surface area contributed by atoms with Gasteiger partial charge in [-0.15, -0.1) is 0 Å². The van der Waals surface area contributed by atoms with Gasteiger partial charge in [-0.3, -0.25) is 4.79 Å². The van der Waals surface area contributed by atoms with E-state index in [9.17, 15) is 4.79 Å². The minimum Gasteiger partial charge on any atom is -0.480 e. The Hall–Kier alpha value is -2.30. The molecule has 2 heterocycles. The summed E-state index contributed by atoms with van der Waals surface area (Å²) in [6, 6.07) is 9.52. The van der Waals surface area contributed by atoms with Crippen molar-refractivity contribution in [2.45, 2.75) is 26.0 Å². The summed E-state index contributed by atoms with van der Waals surface area (Å²) in [4.78, 5) is 12.2. The van der Waals surface area contributed by atoms with Gasteiger partial charge in [-0.25, -0.2) is 4.68 Å². The van der Waals surface area contributed by atoms with Gasteiger partial charge in [0.15, 0.2) is 6.10 Å². The zero-order valence-electron chi connectivity index (χ0n) is 10.7. The van der Waals surface area contributed by atoms with Gasteiger partial charge >= 0.3 is 0 Å². The number of aromatic nitrogens is 2. The smallest absolute Gasteiger partial charge is 0.266 e. The van der Waals surface area contributed by atoms with Crippen LogP contribution in [0.3, 0.4) is 0 Å². The lowest BCUT2D eigenvalue weighted by Gasteiger charge is -2.12. The quantitative estimate of drug-likeness (QED) is 0.912. The van der Waals surface area contributed by atoms with Gasteiger partial charge in [0.05, 0.1) is 6.20 Å². The molecule has 1 atom stereocenters. The van der Waals surface area contributed by atoms with Crippen LogP contribution >= 0.6 is 0 Å². The van der Waals surface area contributed by atoms with E-state index in [1.807, 2.05) is 31.2 Å². The molecule has 0 aliphatic carbocycles. The molecule has 2 aromatic rings. The van der Waals surface area contributed by atoms with E-state index in [1.165, 1.54) is 0 Å². The summed E-state index contributed by atoms with van der Waals surface area (Å²) in [5.74, 6) is 1.37. The fraction of sp³-hybridized carbons (Fsp3) is 0.286. The average Bonchev–Trinajstić information content (AvgIpc) is 3.03. The Balaban J connectivity index is 1.70. The summed E-state index contributed by atoms with van der Waals surface area (Å²) >= 11 is 0. The molecule has 0 fully saturated rings. The number of nitrogens with zero attached hydrogens (tertiary/aromatic N) is 2. The number of anilines is 1. The predicted octanol–water partition coefficient (Wildman–Crippen LogP) is 1.85. The molecule has 1 aliphatic heterocycles. The lowest BCUT2D eigenvalue weighted by Crippen LogP contribution is -2.32. The molecule has 1 aliphatic rings. The number of hydrogen-bond acceptors (Lipinski definition) is 3. The fourth-order valence-corrected chi connectivity index (χ4v) is 2.23. The third-order valence-corrected chi connectivity index (χ3v) is 3.21. The van der Waals surface area contributed by atoms with Crippen LogP contribution in [0, 0.1) is 0 Å². The van der Waals surface area contributed by atoms with Crippen LogP contribution in [0.15, 0.2) is 36.5 Å². The van der Waals surface area contributed by atoms with E-state index in [1.54, 1.807) is 16.9 Å². The molecule has 1 amide bonds. The monoisotopic (exact) mass is 257 g/mol. The second-order valence-electron chi connectivity index (χ2n) is 4.44. The first kappa shape index (κ1) is 11.8. The van der Waals surface area contributed by atoms with Crippen LogP contribution in [0.2, 0.25) is 0 Å². The van der Waals surface area contributed by atoms with Gasteiger partial charge in [0.25, 0.3) is 5.91 Å². The van der Waals surface area contributed by atoms with Crippen LogP contribution < -0.4 is 10.1 Å². The molecule has 0 saturated carbocycles. The molecule has 0 saturated heterocycles. The zero-order valence-corrected chi connectivity index (χ0v) is 10.7. The highest BCUT2D eigenvalue weighted by atomic mass is 16.5. The molecule has 19 heavy (non-hydrogen) atoms. The van der Waals surface area contributed by atoms with Crippen molar-refractivity contribution in [3.05, 3.63) is 42.1 Å². The molecule has 1 N–H and O–H groups in total. The van der Waals surface area contributed by atoms with Gasteiger partial charge < -0.3 is 10.1 Å². The number of aryl methyl sites for hydroxylation is 1. The first-order chi connectivity index (χ1) is 9.28. The van der Waals surface area contributed by atoms with Crippen molar-refractivity contribution < 1.29 is 9.53 Å². The first-order valence-electron chi connectivity index (χ1n) is 6.35. The van der Waals surface area contributed by atoms with E-state index in [-0.39, 0.29) is 5.91 Å². The Kier molecular flexibility index (Phi) is 2.95. The van der Waals surface area contributed by atoms with Gasteiger partial charge in [0.1, 0.15) is 11.6 Å². The molecular formula is C14H15N3O2. The van der Waals surface area contributed by atoms with Crippen molar-refractivity contribution in [3.8, 4) is 5.75 Å². The maximum Gasteiger partial charge on any atom is 0.266 e. The molecule has 1 aromatic heterocycles. The maximum atomic E-state index is 12.2. The van der Waals surface area contributed by atoms with Gasteiger partial charge in [-0.2, -0.15) is 5.10 Å². The Labute approximate surface area is 111 Å². The molecule has 5 heteroatoms. The second-order valence-corrected chi connectivity index (χ2v) is 4.44. The topological polar surface area (TPSA) is 56.2 Å². The molecule has 5 nitrogen and oxygen atoms in total. The molecule has 0 spiro atoms. The van der Waals surface area contributed by atoms with E-state index >= 15 is 0 Å². The summed E-state index contributed by atoms with van der Waals surface area (Å²) < 4.78 is 7.39. The number of amides is 1. The number of para-hydroxylation sites is 1. The van der Waals surface area contributed by atoms with E-state index < -0.39 is 6.10 Å². The van der Waals surface area contributed by atoms with Crippen molar-refractivity contribution in [2.75, 3.05) is 5.32 Å². The SMILES string of the molecule is CCn1nccc1NC(=O)C1Cc2ccccc2O1. The highest BCUT2D eigenvalue weighted by Crippen LogP contribution is 2.28. The zero-order chi connectivity index (χ0) is 13.2. The van der Waals surface area contributed by atoms with Crippen LogP contribution in [0.25, 0.3) is 0 Å². The van der Waals surface area contributed by atoms with Gasteiger partial charge in [0.2, 0.25) is 0 Å². The summed E-state index contributed by atoms with van der Waals surface area (Å²) in [5, 5.41) is 6.97. The normalized spacial score (nSPS) is 16.8. The minimum atomic E-state index is -0.461. The van der Waals surface area contributed by atoms with Gasteiger partial charge in [-0.05, 0) is 18.6 Å². The third kappa shape index (κ3) is 2.19. The Morgan fingerprint density at radius 3 is 3.11 bits per heavy atom. The number of rotatable bonds is 3.